The van der Waals surface area contributed by atoms with Crippen LogP contribution in [0.5, 0.6) is 11.5 Å². The smallest absolute Gasteiger partial charge is 0.222 e. The molecule has 1 heterocycles. The first-order valence-electron chi connectivity index (χ1n) is 10.4. The van der Waals surface area contributed by atoms with Crippen molar-refractivity contribution in [3.8, 4) is 11.5 Å². The van der Waals surface area contributed by atoms with Gasteiger partial charge in [0.05, 0.1) is 13.7 Å². The lowest BCUT2D eigenvalue weighted by atomic mass is 10.0. The Kier molecular flexibility index (Phi) is 9.11. The molecule has 0 bridgehead atoms. The number of unbranched alkanes of at least 4 members (excludes halogenated alkanes) is 1. The first-order valence-corrected chi connectivity index (χ1v) is 10.4. The van der Waals surface area contributed by atoms with Crippen LogP contribution < -0.4 is 14.8 Å². The lowest BCUT2D eigenvalue weighted by Crippen LogP contribution is -2.46. The standard InChI is InChI=1S/C22H34N2O4/c1-4-6-7-21(25)23-18-12-14-24(15-13-18)22(26)11-9-17-8-10-19(28-5-2)20(16-17)27-3/h8,10,16,18H,4-7,9,11-15H2,1-3H3,(H,23,25). The third-order valence-electron chi connectivity index (χ3n) is 5.13. The number of rotatable bonds is 10. The summed E-state index contributed by atoms with van der Waals surface area (Å²) in [5.41, 5.74) is 1.06. The highest BCUT2D eigenvalue weighted by Crippen LogP contribution is 2.28. The Morgan fingerprint density at radius 2 is 1.89 bits per heavy atom. The molecule has 28 heavy (non-hydrogen) atoms. The molecule has 1 aliphatic heterocycles. The Hall–Kier alpha value is -2.24. The second kappa shape index (κ2) is 11.6. The minimum Gasteiger partial charge on any atom is -0.493 e. The van der Waals surface area contributed by atoms with Gasteiger partial charge >= 0.3 is 0 Å². The highest BCUT2D eigenvalue weighted by atomic mass is 16.5. The van der Waals surface area contributed by atoms with Gasteiger partial charge in [0.1, 0.15) is 0 Å². The molecule has 0 atom stereocenters. The largest absolute Gasteiger partial charge is 0.493 e. The van der Waals surface area contributed by atoms with Gasteiger partial charge in [-0.3, -0.25) is 9.59 Å². The number of hydrogen-bond acceptors (Lipinski definition) is 4. The predicted octanol–water partition coefficient (Wildman–Crippen LogP) is 3.32. The molecule has 156 valence electrons. The molecule has 2 amide bonds. The van der Waals surface area contributed by atoms with Crippen molar-refractivity contribution >= 4 is 11.8 Å². The van der Waals surface area contributed by atoms with Crippen LogP contribution in [0.3, 0.4) is 0 Å². The van der Waals surface area contributed by atoms with Gasteiger partial charge in [-0.25, -0.2) is 0 Å². The van der Waals surface area contributed by atoms with Crippen LogP contribution >= 0.6 is 0 Å². The summed E-state index contributed by atoms with van der Waals surface area (Å²) in [6.07, 6.45) is 5.38. The molecule has 6 heteroatoms. The Balaban J connectivity index is 1.76. The molecule has 1 saturated heterocycles. The molecule has 1 fully saturated rings. The zero-order valence-electron chi connectivity index (χ0n) is 17.5. The molecule has 1 aliphatic rings. The highest BCUT2D eigenvalue weighted by molar-refractivity contribution is 5.77. The fourth-order valence-corrected chi connectivity index (χ4v) is 3.46. The number of carbonyl (C=O) groups excluding carboxylic acids is 2. The van der Waals surface area contributed by atoms with Gasteiger partial charge in [0, 0.05) is 32.0 Å². The van der Waals surface area contributed by atoms with Crippen LogP contribution in [0.25, 0.3) is 0 Å². The van der Waals surface area contributed by atoms with E-state index in [4.69, 9.17) is 9.47 Å². The predicted molar refractivity (Wildman–Crippen MR) is 110 cm³/mol. The number of amides is 2. The maximum Gasteiger partial charge on any atom is 0.222 e. The van der Waals surface area contributed by atoms with Gasteiger partial charge in [0.2, 0.25) is 11.8 Å². The van der Waals surface area contributed by atoms with E-state index >= 15 is 0 Å². The first-order chi connectivity index (χ1) is 13.6. The number of likely N-dealkylation sites (tertiary alicyclic amines) is 1. The molecule has 2 rings (SSSR count). The van der Waals surface area contributed by atoms with Crippen molar-refractivity contribution in [3.63, 3.8) is 0 Å². The molecule has 0 saturated carbocycles. The molecule has 0 unspecified atom stereocenters. The molecule has 1 N–H and O–H groups in total. The molecule has 0 aromatic heterocycles. The first kappa shape index (κ1) is 22.1. The molecular weight excluding hydrogens is 356 g/mol. The van der Waals surface area contributed by atoms with Crippen molar-refractivity contribution < 1.29 is 19.1 Å². The van der Waals surface area contributed by atoms with Gasteiger partial charge in [0.15, 0.2) is 11.5 Å². The average molecular weight is 391 g/mol. The summed E-state index contributed by atoms with van der Waals surface area (Å²) in [6.45, 7) is 6.03. The molecule has 1 aromatic carbocycles. The molecule has 1 aromatic rings. The summed E-state index contributed by atoms with van der Waals surface area (Å²) in [7, 11) is 1.62. The quantitative estimate of drug-likeness (QED) is 0.665. The van der Waals surface area contributed by atoms with Crippen LogP contribution in [0.15, 0.2) is 18.2 Å². The minimum atomic E-state index is 0.135. The molecule has 6 nitrogen and oxygen atoms in total. The van der Waals surface area contributed by atoms with Crippen LogP contribution in [0.4, 0.5) is 0 Å². The van der Waals surface area contributed by atoms with Crippen molar-refractivity contribution in [3.05, 3.63) is 23.8 Å². The van der Waals surface area contributed by atoms with Crippen molar-refractivity contribution in [2.75, 3.05) is 26.8 Å². The van der Waals surface area contributed by atoms with Crippen LogP contribution in [0.2, 0.25) is 0 Å². The molecule has 0 aliphatic carbocycles. The SMILES string of the molecule is CCCCC(=O)NC1CCN(C(=O)CCc2ccc(OCC)c(OC)c2)CC1. The summed E-state index contributed by atoms with van der Waals surface area (Å²) in [5.74, 6) is 1.73. The third-order valence-corrected chi connectivity index (χ3v) is 5.13. The van der Waals surface area contributed by atoms with E-state index in [9.17, 15) is 9.59 Å². The summed E-state index contributed by atoms with van der Waals surface area (Å²) in [4.78, 5) is 26.3. The normalized spacial score (nSPS) is 14.6. The van der Waals surface area contributed by atoms with Gasteiger partial charge in [-0.1, -0.05) is 19.4 Å². The van der Waals surface area contributed by atoms with Crippen molar-refractivity contribution in [2.45, 2.75) is 64.8 Å². The summed E-state index contributed by atoms with van der Waals surface area (Å²) in [6, 6.07) is 6.02. The number of hydrogen-bond donors (Lipinski definition) is 1. The van der Waals surface area contributed by atoms with Crippen LogP contribution in [-0.4, -0.2) is 49.6 Å². The average Bonchev–Trinajstić information content (AvgIpc) is 2.72. The second-order valence-electron chi connectivity index (χ2n) is 7.24. The van der Waals surface area contributed by atoms with Gasteiger partial charge in [-0.15, -0.1) is 0 Å². The van der Waals surface area contributed by atoms with Gasteiger partial charge in [-0.05, 0) is 50.3 Å². The molecule has 0 radical (unpaired) electrons. The minimum absolute atomic E-state index is 0.135. The number of methoxy groups -OCH3 is 1. The number of nitrogens with one attached hydrogen (secondary N) is 1. The lowest BCUT2D eigenvalue weighted by molar-refractivity contribution is -0.132. The number of aryl methyl sites for hydroxylation is 1. The van der Waals surface area contributed by atoms with E-state index in [1.807, 2.05) is 30.0 Å². The zero-order valence-corrected chi connectivity index (χ0v) is 17.5. The summed E-state index contributed by atoms with van der Waals surface area (Å²) >= 11 is 0. The lowest BCUT2D eigenvalue weighted by Gasteiger charge is -2.32. The van der Waals surface area contributed by atoms with Crippen molar-refractivity contribution in [1.82, 2.24) is 10.2 Å². The topological polar surface area (TPSA) is 67.9 Å². The van der Waals surface area contributed by atoms with E-state index in [-0.39, 0.29) is 17.9 Å². The Morgan fingerprint density at radius 3 is 2.54 bits per heavy atom. The Morgan fingerprint density at radius 1 is 1.14 bits per heavy atom. The Labute approximate surface area is 168 Å². The van der Waals surface area contributed by atoms with E-state index in [1.165, 1.54) is 0 Å². The number of ether oxygens (including phenoxy) is 2. The molecule has 0 spiro atoms. The van der Waals surface area contributed by atoms with E-state index in [2.05, 4.69) is 12.2 Å². The summed E-state index contributed by atoms with van der Waals surface area (Å²) < 4.78 is 10.9. The number of nitrogens with zero attached hydrogens (tertiary/aromatic N) is 1. The van der Waals surface area contributed by atoms with E-state index in [1.54, 1.807) is 7.11 Å². The van der Waals surface area contributed by atoms with Crippen LogP contribution in [0.1, 0.15) is 57.9 Å². The fourth-order valence-electron chi connectivity index (χ4n) is 3.46. The molecular formula is C22H34N2O4. The maximum atomic E-state index is 12.5. The Bertz CT molecular complexity index is 639. The van der Waals surface area contributed by atoms with E-state index in [0.717, 1.165) is 37.0 Å². The van der Waals surface area contributed by atoms with Gasteiger partial charge in [-0.2, -0.15) is 0 Å². The fraction of sp³-hybridized carbons (Fsp3) is 0.636. The number of carbonyl (C=O) groups is 2. The van der Waals surface area contributed by atoms with Crippen molar-refractivity contribution in [2.24, 2.45) is 0 Å². The van der Waals surface area contributed by atoms with Crippen LogP contribution in [-0.2, 0) is 16.0 Å². The number of piperidine rings is 1. The third kappa shape index (κ3) is 6.73. The number of benzene rings is 1. The van der Waals surface area contributed by atoms with Gasteiger partial charge < -0.3 is 19.7 Å². The maximum absolute atomic E-state index is 12.5. The zero-order chi connectivity index (χ0) is 20.4. The van der Waals surface area contributed by atoms with Crippen molar-refractivity contribution in [1.29, 1.82) is 0 Å². The second-order valence-corrected chi connectivity index (χ2v) is 7.24. The van der Waals surface area contributed by atoms with Gasteiger partial charge in [0.25, 0.3) is 0 Å². The van der Waals surface area contributed by atoms with Crippen LogP contribution in [0, 0.1) is 0 Å². The summed E-state index contributed by atoms with van der Waals surface area (Å²) in [5, 5.41) is 3.10. The highest BCUT2D eigenvalue weighted by Gasteiger charge is 2.23. The van der Waals surface area contributed by atoms with E-state index in [0.29, 0.717) is 44.7 Å². The van der Waals surface area contributed by atoms with E-state index < -0.39 is 0 Å². The monoisotopic (exact) mass is 390 g/mol.